The molecule has 28 heavy (non-hydrogen) atoms. The first-order chi connectivity index (χ1) is 13.3. The molecule has 2 aromatic rings. The van der Waals surface area contributed by atoms with Crippen LogP contribution in [0.2, 0.25) is 5.02 Å². The van der Waals surface area contributed by atoms with Crippen LogP contribution >= 0.6 is 11.6 Å². The number of halogens is 4. The molecule has 0 bridgehead atoms. The molecule has 1 saturated heterocycles. The number of oxazole rings is 1. The van der Waals surface area contributed by atoms with E-state index in [1.807, 2.05) is 0 Å². The molecule has 9 heteroatoms. The summed E-state index contributed by atoms with van der Waals surface area (Å²) < 4.78 is 50.2. The second-order valence-electron chi connectivity index (χ2n) is 6.98. The molecular formula is C19H18ClF3N2O3. The van der Waals surface area contributed by atoms with Crippen LogP contribution in [0.1, 0.15) is 52.0 Å². The number of fused-ring (bicyclic) bond motifs is 1. The van der Waals surface area contributed by atoms with Gasteiger partial charge in [-0.2, -0.15) is 13.2 Å². The van der Waals surface area contributed by atoms with E-state index in [1.54, 1.807) is 0 Å². The van der Waals surface area contributed by atoms with Crippen LogP contribution in [-0.2, 0) is 23.9 Å². The van der Waals surface area contributed by atoms with Gasteiger partial charge < -0.3 is 14.1 Å². The summed E-state index contributed by atoms with van der Waals surface area (Å²) in [5.74, 6) is 1.04. The number of ether oxygens (including phenoxy) is 1. The molecule has 0 spiro atoms. The number of benzene rings is 1. The fourth-order valence-corrected chi connectivity index (χ4v) is 3.75. The number of carbonyl (C=O) groups excluding carboxylic acids is 1. The minimum absolute atomic E-state index is 0.00755. The quantitative estimate of drug-likeness (QED) is 0.729. The molecule has 0 saturated carbocycles. The normalized spacial score (nSPS) is 18.2. The van der Waals surface area contributed by atoms with Gasteiger partial charge in [-0.3, -0.25) is 4.79 Å². The van der Waals surface area contributed by atoms with Gasteiger partial charge in [0.2, 0.25) is 0 Å². The molecule has 0 aliphatic carbocycles. The van der Waals surface area contributed by atoms with Crippen molar-refractivity contribution in [3.8, 4) is 0 Å². The lowest BCUT2D eigenvalue weighted by molar-refractivity contribution is -0.137. The molecule has 2 aliphatic rings. The lowest BCUT2D eigenvalue weighted by atomic mass is 10.0. The lowest BCUT2D eigenvalue weighted by Gasteiger charge is -2.26. The third kappa shape index (κ3) is 3.75. The standard InChI is InChI=1S/C19H18ClF3N2O3/c20-14-2-1-12(19(21,22)23)9-13(14)18(26)25-6-3-16-15(10-25)24-17(28-16)11-4-7-27-8-5-11/h1-2,9,11H,3-8,10H2. The van der Waals surface area contributed by atoms with Gasteiger partial charge in [0.05, 0.1) is 22.7 Å². The average molecular weight is 415 g/mol. The van der Waals surface area contributed by atoms with E-state index >= 15 is 0 Å². The largest absolute Gasteiger partial charge is 0.445 e. The first-order valence-corrected chi connectivity index (χ1v) is 9.43. The molecule has 5 nitrogen and oxygen atoms in total. The number of hydrogen-bond donors (Lipinski definition) is 0. The molecule has 2 aliphatic heterocycles. The Kier molecular flexibility index (Phi) is 5.09. The molecule has 1 aromatic heterocycles. The van der Waals surface area contributed by atoms with Gasteiger partial charge in [-0.25, -0.2) is 4.98 Å². The first kappa shape index (κ1) is 19.3. The van der Waals surface area contributed by atoms with Crippen LogP contribution < -0.4 is 0 Å². The summed E-state index contributed by atoms with van der Waals surface area (Å²) in [5.41, 5.74) is -0.404. The molecule has 0 atom stereocenters. The van der Waals surface area contributed by atoms with Crippen molar-refractivity contribution in [2.75, 3.05) is 19.8 Å². The fraction of sp³-hybridized carbons (Fsp3) is 0.474. The topological polar surface area (TPSA) is 55.6 Å². The van der Waals surface area contributed by atoms with E-state index in [0.717, 1.165) is 36.8 Å². The molecule has 4 rings (SSSR count). The zero-order chi connectivity index (χ0) is 19.9. The van der Waals surface area contributed by atoms with E-state index < -0.39 is 17.6 Å². The van der Waals surface area contributed by atoms with Crippen LogP contribution in [-0.4, -0.2) is 35.5 Å². The monoisotopic (exact) mass is 414 g/mol. The van der Waals surface area contributed by atoms with Crippen molar-refractivity contribution in [1.29, 1.82) is 0 Å². The molecule has 1 aromatic carbocycles. The molecule has 0 radical (unpaired) electrons. The molecule has 3 heterocycles. The highest BCUT2D eigenvalue weighted by atomic mass is 35.5. The second kappa shape index (κ2) is 7.40. The summed E-state index contributed by atoms with van der Waals surface area (Å²) in [7, 11) is 0. The Morgan fingerprint density at radius 3 is 2.71 bits per heavy atom. The van der Waals surface area contributed by atoms with Crippen molar-refractivity contribution in [2.24, 2.45) is 0 Å². The summed E-state index contributed by atoms with van der Waals surface area (Å²) in [6.07, 6.45) is -2.41. The number of hydrogen-bond acceptors (Lipinski definition) is 4. The molecule has 0 unspecified atom stereocenters. The molecule has 1 amide bonds. The van der Waals surface area contributed by atoms with Gasteiger partial charge in [-0.1, -0.05) is 11.6 Å². The third-order valence-electron chi connectivity index (χ3n) is 5.13. The van der Waals surface area contributed by atoms with E-state index in [9.17, 15) is 18.0 Å². The van der Waals surface area contributed by atoms with Crippen LogP contribution in [0, 0.1) is 0 Å². The van der Waals surface area contributed by atoms with Crippen LogP contribution in [0.5, 0.6) is 0 Å². The Morgan fingerprint density at radius 1 is 1.25 bits per heavy atom. The van der Waals surface area contributed by atoms with Crippen molar-refractivity contribution in [1.82, 2.24) is 9.88 Å². The predicted molar refractivity (Wildman–Crippen MR) is 94.2 cm³/mol. The minimum atomic E-state index is -4.54. The van der Waals surface area contributed by atoms with Gasteiger partial charge >= 0.3 is 6.18 Å². The van der Waals surface area contributed by atoms with Crippen LogP contribution in [0.15, 0.2) is 22.6 Å². The van der Waals surface area contributed by atoms with Gasteiger partial charge in [0.15, 0.2) is 5.89 Å². The highest BCUT2D eigenvalue weighted by Crippen LogP contribution is 2.34. The summed E-state index contributed by atoms with van der Waals surface area (Å²) in [4.78, 5) is 18.8. The van der Waals surface area contributed by atoms with Crippen molar-refractivity contribution < 1.29 is 27.1 Å². The summed E-state index contributed by atoms with van der Waals surface area (Å²) in [6.45, 7) is 1.85. The predicted octanol–water partition coefficient (Wildman–Crippen LogP) is 4.44. The first-order valence-electron chi connectivity index (χ1n) is 9.05. The lowest BCUT2D eigenvalue weighted by Crippen LogP contribution is -2.36. The molecule has 150 valence electrons. The van der Waals surface area contributed by atoms with Crippen molar-refractivity contribution in [3.63, 3.8) is 0 Å². The maximum Gasteiger partial charge on any atom is 0.416 e. The average Bonchev–Trinajstić information content (AvgIpc) is 3.11. The van der Waals surface area contributed by atoms with E-state index in [2.05, 4.69) is 4.98 Å². The Morgan fingerprint density at radius 2 is 2.00 bits per heavy atom. The van der Waals surface area contributed by atoms with Crippen LogP contribution in [0.4, 0.5) is 13.2 Å². The Hall–Kier alpha value is -2.06. The van der Waals surface area contributed by atoms with Crippen molar-refractivity contribution >= 4 is 17.5 Å². The number of carbonyl (C=O) groups is 1. The van der Waals surface area contributed by atoms with Gasteiger partial charge in [0.1, 0.15) is 11.5 Å². The van der Waals surface area contributed by atoms with Crippen molar-refractivity contribution in [2.45, 2.75) is 37.9 Å². The number of aromatic nitrogens is 1. The number of rotatable bonds is 2. The van der Waals surface area contributed by atoms with Gasteiger partial charge in [0.25, 0.3) is 5.91 Å². The van der Waals surface area contributed by atoms with E-state index in [0.29, 0.717) is 37.8 Å². The summed E-state index contributed by atoms with van der Waals surface area (Å²) in [5, 5.41) is -0.00755. The Labute approximate surface area is 164 Å². The zero-order valence-electron chi connectivity index (χ0n) is 14.9. The summed E-state index contributed by atoms with van der Waals surface area (Å²) >= 11 is 6.01. The summed E-state index contributed by atoms with van der Waals surface area (Å²) in [6, 6.07) is 2.77. The minimum Gasteiger partial charge on any atom is -0.445 e. The van der Waals surface area contributed by atoms with Gasteiger partial charge in [-0.05, 0) is 31.0 Å². The highest BCUT2D eigenvalue weighted by molar-refractivity contribution is 6.33. The smallest absolute Gasteiger partial charge is 0.416 e. The zero-order valence-corrected chi connectivity index (χ0v) is 15.6. The van der Waals surface area contributed by atoms with Crippen LogP contribution in [0.25, 0.3) is 0 Å². The van der Waals surface area contributed by atoms with E-state index in [4.69, 9.17) is 20.8 Å². The molecule has 1 fully saturated rings. The maximum atomic E-state index is 13.0. The maximum absolute atomic E-state index is 13.0. The Balaban J connectivity index is 1.54. The fourth-order valence-electron chi connectivity index (χ4n) is 3.55. The number of nitrogens with zero attached hydrogens (tertiary/aromatic N) is 2. The van der Waals surface area contributed by atoms with Crippen LogP contribution in [0.3, 0.4) is 0 Å². The Bertz CT molecular complexity index is 891. The SMILES string of the molecule is O=C(c1cc(C(F)(F)F)ccc1Cl)N1CCc2oc(C3CCOCC3)nc2C1. The number of alkyl halides is 3. The third-order valence-corrected chi connectivity index (χ3v) is 5.46. The van der Waals surface area contributed by atoms with E-state index in [1.165, 1.54) is 4.90 Å². The highest BCUT2D eigenvalue weighted by Gasteiger charge is 2.34. The molecular weight excluding hydrogens is 397 g/mol. The second-order valence-corrected chi connectivity index (χ2v) is 7.38. The van der Waals surface area contributed by atoms with Crippen molar-refractivity contribution in [3.05, 3.63) is 51.7 Å². The van der Waals surface area contributed by atoms with Gasteiger partial charge in [-0.15, -0.1) is 0 Å². The molecule has 0 N–H and O–H groups in total. The van der Waals surface area contributed by atoms with E-state index in [-0.39, 0.29) is 23.0 Å². The van der Waals surface area contributed by atoms with Gasteiger partial charge in [0, 0.05) is 32.1 Å². The number of amides is 1.